The molecule has 0 amide bonds. The minimum atomic E-state index is -2.09. The number of allylic oxidation sites excluding steroid dienone is 2. The van der Waals surface area contributed by atoms with E-state index in [9.17, 15) is 25.2 Å². The highest BCUT2D eigenvalue weighted by Gasteiger charge is 2.72. The SMILES string of the molecule is C[C@H]1[C@H](C)CC[C@]2(C(=O)O)CC[C@]3(C)C(=CC[C@@H]4[C@@]5(C)CC(O)C(O)(O)C(C)(C)C5CC[C@]43C)[C@H]12. The van der Waals surface area contributed by atoms with Gasteiger partial charge < -0.3 is 20.4 Å². The van der Waals surface area contributed by atoms with Gasteiger partial charge in [0.25, 0.3) is 0 Å². The van der Waals surface area contributed by atoms with E-state index in [4.69, 9.17) is 0 Å². The molecule has 0 aromatic rings. The Morgan fingerprint density at radius 1 is 0.943 bits per heavy atom. The van der Waals surface area contributed by atoms with Gasteiger partial charge in [0, 0.05) is 5.41 Å². The van der Waals surface area contributed by atoms with Crippen LogP contribution in [0.15, 0.2) is 11.6 Å². The van der Waals surface area contributed by atoms with E-state index in [-0.39, 0.29) is 28.1 Å². The molecule has 4 saturated carbocycles. The van der Waals surface area contributed by atoms with E-state index in [0.717, 1.165) is 44.9 Å². The monoisotopic (exact) mass is 488 g/mol. The van der Waals surface area contributed by atoms with Crippen molar-refractivity contribution in [2.75, 3.05) is 0 Å². The summed E-state index contributed by atoms with van der Waals surface area (Å²) in [6.07, 6.45) is 7.83. The summed E-state index contributed by atoms with van der Waals surface area (Å²) in [7, 11) is 0. The lowest BCUT2D eigenvalue weighted by Gasteiger charge is -2.72. The van der Waals surface area contributed by atoms with Gasteiger partial charge in [-0.25, -0.2) is 0 Å². The van der Waals surface area contributed by atoms with Gasteiger partial charge in [-0.05, 0) is 97.2 Å². The van der Waals surface area contributed by atoms with Crippen LogP contribution in [0.5, 0.6) is 0 Å². The fourth-order valence-corrected chi connectivity index (χ4v) is 10.9. The van der Waals surface area contributed by atoms with Gasteiger partial charge in [-0.1, -0.05) is 60.1 Å². The Kier molecular flexibility index (Phi) is 5.40. The van der Waals surface area contributed by atoms with Gasteiger partial charge in [-0.3, -0.25) is 4.79 Å². The molecule has 0 heterocycles. The molecule has 0 aromatic carbocycles. The van der Waals surface area contributed by atoms with Crippen LogP contribution in [0.4, 0.5) is 0 Å². The van der Waals surface area contributed by atoms with Crippen LogP contribution < -0.4 is 0 Å². The minimum Gasteiger partial charge on any atom is -0.481 e. The molecule has 35 heavy (non-hydrogen) atoms. The van der Waals surface area contributed by atoms with Gasteiger partial charge in [0.2, 0.25) is 0 Å². The number of hydrogen-bond donors (Lipinski definition) is 4. The van der Waals surface area contributed by atoms with Crippen molar-refractivity contribution in [3.63, 3.8) is 0 Å². The summed E-state index contributed by atoms with van der Waals surface area (Å²) < 4.78 is 0. The Hall–Kier alpha value is -0.910. The fourth-order valence-electron chi connectivity index (χ4n) is 10.9. The Balaban J connectivity index is 1.62. The largest absolute Gasteiger partial charge is 0.481 e. The molecule has 5 nitrogen and oxygen atoms in total. The average Bonchev–Trinajstić information content (AvgIpc) is 2.75. The summed E-state index contributed by atoms with van der Waals surface area (Å²) in [5, 5.41) is 43.4. The first-order valence-electron chi connectivity index (χ1n) is 14.1. The molecule has 0 radical (unpaired) electrons. The van der Waals surface area contributed by atoms with E-state index in [2.05, 4.69) is 40.7 Å². The number of aliphatic hydroxyl groups is 3. The molecule has 0 saturated heterocycles. The van der Waals surface area contributed by atoms with E-state index >= 15 is 0 Å². The lowest BCUT2D eigenvalue weighted by atomic mass is 9.33. The van der Waals surface area contributed by atoms with Gasteiger partial charge in [-0.15, -0.1) is 0 Å². The third-order valence-corrected chi connectivity index (χ3v) is 13.6. The number of carboxylic acids is 1. The molecule has 5 aliphatic carbocycles. The first kappa shape index (κ1) is 25.7. The molecule has 10 atom stereocenters. The molecule has 198 valence electrons. The number of hydrogen-bond acceptors (Lipinski definition) is 4. The van der Waals surface area contributed by atoms with Crippen LogP contribution in [0.1, 0.15) is 99.8 Å². The number of fused-ring (bicyclic) bond motifs is 7. The van der Waals surface area contributed by atoms with Crippen LogP contribution in [-0.2, 0) is 4.79 Å². The predicted octanol–water partition coefficient (Wildman–Crippen LogP) is 5.38. The van der Waals surface area contributed by atoms with Crippen LogP contribution >= 0.6 is 0 Å². The molecular weight excluding hydrogens is 440 g/mol. The average molecular weight is 489 g/mol. The summed E-state index contributed by atoms with van der Waals surface area (Å²) in [5.74, 6) is -1.34. The number of rotatable bonds is 1. The molecule has 0 spiro atoms. The van der Waals surface area contributed by atoms with E-state index in [1.54, 1.807) is 0 Å². The quantitative estimate of drug-likeness (QED) is 0.293. The first-order valence-corrected chi connectivity index (χ1v) is 14.1. The smallest absolute Gasteiger partial charge is 0.310 e. The molecule has 5 heteroatoms. The molecule has 5 rings (SSSR count). The lowest BCUT2D eigenvalue weighted by Crippen LogP contribution is -2.71. The Bertz CT molecular complexity index is 952. The van der Waals surface area contributed by atoms with Crippen molar-refractivity contribution in [1.82, 2.24) is 0 Å². The summed E-state index contributed by atoms with van der Waals surface area (Å²) in [6, 6.07) is 0. The maximum absolute atomic E-state index is 12.8. The Labute approximate surface area is 211 Å². The Morgan fingerprint density at radius 3 is 2.23 bits per heavy atom. The highest BCUT2D eigenvalue weighted by molar-refractivity contribution is 5.76. The van der Waals surface area contributed by atoms with Crippen molar-refractivity contribution >= 4 is 5.97 Å². The summed E-state index contributed by atoms with van der Waals surface area (Å²) in [5.41, 5.74) is -0.375. The van der Waals surface area contributed by atoms with Gasteiger partial charge >= 0.3 is 5.97 Å². The third kappa shape index (κ3) is 2.84. The molecule has 0 aromatic heterocycles. The molecule has 4 fully saturated rings. The summed E-state index contributed by atoms with van der Waals surface area (Å²) in [6.45, 7) is 15.6. The van der Waals surface area contributed by atoms with Crippen molar-refractivity contribution in [3.8, 4) is 0 Å². The zero-order valence-electron chi connectivity index (χ0n) is 22.9. The predicted molar refractivity (Wildman–Crippen MR) is 135 cm³/mol. The maximum atomic E-state index is 12.8. The second-order valence-electron chi connectivity index (χ2n) is 14.8. The third-order valence-electron chi connectivity index (χ3n) is 13.6. The topological polar surface area (TPSA) is 98.0 Å². The van der Waals surface area contributed by atoms with Crippen LogP contribution in [-0.4, -0.2) is 38.3 Å². The van der Waals surface area contributed by atoms with Crippen molar-refractivity contribution in [2.45, 2.75) is 112 Å². The second-order valence-corrected chi connectivity index (χ2v) is 14.8. The molecule has 2 unspecified atom stereocenters. The van der Waals surface area contributed by atoms with Crippen molar-refractivity contribution in [2.24, 2.45) is 56.7 Å². The zero-order valence-corrected chi connectivity index (χ0v) is 22.9. The molecular formula is C30H48O5. The van der Waals surface area contributed by atoms with Gasteiger partial charge in [0.15, 0.2) is 5.79 Å². The minimum absolute atomic E-state index is 0.0197. The van der Waals surface area contributed by atoms with E-state index < -0.39 is 28.7 Å². The molecule has 4 N–H and O–H groups in total. The summed E-state index contributed by atoms with van der Waals surface area (Å²) in [4.78, 5) is 12.8. The maximum Gasteiger partial charge on any atom is 0.310 e. The van der Waals surface area contributed by atoms with E-state index in [1.807, 2.05) is 13.8 Å². The summed E-state index contributed by atoms with van der Waals surface area (Å²) >= 11 is 0. The number of carboxylic acid groups (broad SMARTS) is 1. The second kappa shape index (κ2) is 7.35. The van der Waals surface area contributed by atoms with Crippen molar-refractivity contribution < 1.29 is 25.2 Å². The number of carbonyl (C=O) groups is 1. The van der Waals surface area contributed by atoms with Crippen molar-refractivity contribution in [3.05, 3.63) is 11.6 Å². The van der Waals surface area contributed by atoms with Crippen LogP contribution in [0.3, 0.4) is 0 Å². The van der Waals surface area contributed by atoms with E-state index in [1.165, 1.54) is 5.57 Å². The van der Waals surface area contributed by atoms with Gasteiger partial charge in [0.05, 0.1) is 5.41 Å². The zero-order chi connectivity index (χ0) is 26.0. The highest BCUT2D eigenvalue weighted by Crippen LogP contribution is 2.76. The highest BCUT2D eigenvalue weighted by atomic mass is 16.5. The lowest BCUT2D eigenvalue weighted by molar-refractivity contribution is -0.351. The van der Waals surface area contributed by atoms with Crippen LogP contribution in [0, 0.1) is 56.7 Å². The normalized spacial score (nSPS) is 54.4. The Morgan fingerprint density at radius 2 is 1.60 bits per heavy atom. The molecule has 0 bridgehead atoms. The van der Waals surface area contributed by atoms with Gasteiger partial charge in [0.1, 0.15) is 6.10 Å². The molecule has 5 aliphatic rings. The van der Waals surface area contributed by atoms with Crippen molar-refractivity contribution in [1.29, 1.82) is 0 Å². The standard InChI is InChI=1S/C30H48O5/c1-17-10-13-29(24(32)33)15-14-27(6)19(23(29)18(17)2)8-9-21-26(5)16-22(31)30(34,35)25(3,4)20(26)11-12-28(21,27)7/h8,17-18,20-23,31,34-35H,9-16H2,1-7H3,(H,32,33)/t17-,18+,20?,21-,22?,23+,26+,27-,28-,29+/m1/s1. The number of aliphatic hydroxyl groups excluding tert-OH is 1. The fraction of sp³-hybridized carbons (Fsp3) is 0.900. The van der Waals surface area contributed by atoms with E-state index in [0.29, 0.717) is 24.2 Å². The number of aliphatic carboxylic acids is 1. The molecule has 0 aliphatic heterocycles. The van der Waals surface area contributed by atoms with Crippen LogP contribution in [0.2, 0.25) is 0 Å². The van der Waals surface area contributed by atoms with Gasteiger partial charge in [-0.2, -0.15) is 0 Å². The first-order chi connectivity index (χ1) is 16.0. The van der Waals surface area contributed by atoms with Crippen LogP contribution in [0.25, 0.3) is 0 Å².